The zero-order chi connectivity index (χ0) is 19.5. The van der Waals surface area contributed by atoms with E-state index in [1.807, 2.05) is 0 Å². The Bertz CT molecular complexity index is 980. The molecule has 8 nitrogen and oxygen atoms in total. The number of benzene rings is 2. The van der Waals surface area contributed by atoms with Gasteiger partial charge >= 0.3 is 10.2 Å². The Morgan fingerprint density at radius 2 is 2.00 bits per heavy atom. The summed E-state index contributed by atoms with van der Waals surface area (Å²) >= 11 is 5.84. The molecule has 0 atom stereocenters. The maximum absolute atomic E-state index is 13.2. The van der Waals surface area contributed by atoms with Crippen molar-refractivity contribution >= 4 is 39.1 Å². The lowest BCUT2D eigenvalue weighted by atomic mass is 10.2. The average molecular weight is 403 g/mol. The molecule has 0 fully saturated rings. The van der Waals surface area contributed by atoms with Crippen molar-refractivity contribution in [2.45, 2.75) is 11.8 Å². The molecule has 2 aromatic carbocycles. The van der Waals surface area contributed by atoms with Crippen LogP contribution in [0.15, 0.2) is 41.3 Å². The van der Waals surface area contributed by atoms with E-state index in [2.05, 4.69) is 5.32 Å². The number of nitrogens with one attached hydrogen (secondary N) is 1. The molecule has 0 unspecified atom stereocenters. The van der Waals surface area contributed by atoms with Gasteiger partial charge in [0.2, 0.25) is 0 Å². The highest BCUT2D eigenvalue weighted by Crippen LogP contribution is 2.28. The lowest BCUT2D eigenvalue weighted by molar-refractivity contribution is -0.384. The Labute approximate surface area is 152 Å². The summed E-state index contributed by atoms with van der Waals surface area (Å²) < 4.78 is 40.4. The van der Waals surface area contributed by atoms with E-state index in [1.165, 1.54) is 25.1 Å². The summed E-state index contributed by atoms with van der Waals surface area (Å²) in [7, 11) is -4.92. The molecule has 0 aromatic heterocycles. The minimum atomic E-state index is -4.92. The van der Waals surface area contributed by atoms with E-state index in [-0.39, 0.29) is 27.7 Å². The Morgan fingerprint density at radius 1 is 1.31 bits per heavy atom. The van der Waals surface area contributed by atoms with Crippen LogP contribution in [-0.2, 0) is 15.0 Å². The number of ether oxygens (including phenoxy) is 1. The number of nitro groups is 1. The van der Waals surface area contributed by atoms with Crippen molar-refractivity contribution < 1.29 is 26.8 Å². The van der Waals surface area contributed by atoms with Crippen LogP contribution in [0.1, 0.15) is 5.56 Å². The van der Waals surface area contributed by atoms with E-state index < -0.39 is 32.6 Å². The van der Waals surface area contributed by atoms with Crippen LogP contribution >= 0.6 is 11.6 Å². The zero-order valence-corrected chi connectivity index (χ0v) is 14.8. The number of aryl methyl sites for hydroxylation is 1. The van der Waals surface area contributed by atoms with Gasteiger partial charge in [0.25, 0.3) is 11.6 Å². The topological polar surface area (TPSA) is 116 Å². The predicted molar refractivity (Wildman–Crippen MR) is 91.7 cm³/mol. The van der Waals surface area contributed by atoms with E-state index in [1.54, 1.807) is 0 Å². The van der Waals surface area contributed by atoms with Gasteiger partial charge in [-0.1, -0.05) is 17.7 Å². The molecule has 2 rings (SSSR count). The Hall–Kier alpha value is -2.72. The van der Waals surface area contributed by atoms with Crippen molar-refractivity contribution in [2.75, 3.05) is 11.9 Å². The molecule has 0 aliphatic carbocycles. The maximum atomic E-state index is 13.2. The molecule has 1 amide bonds. The van der Waals surface area contributed by atoms with Gasteiger partial charge in [-0.25, -0.2) is 0 Å². The van der Waals surface area contributed by atoms with Gasteiger partial charge < -0.3 is 10.1 Å². The first-order valence-corrected chi connectivity index (χ1v) is 8.76. The summed E-state index contributed by atoms with van der Waals surface area (Å²) in [5, 5.41) is 12.9. The van der Waals surface area contributed by atoms with E-state index in [0.717, 1.165) is 18.2 Å². The number of nitrogens with zero attached hydrogens (tertiary/aromatic N) is 1. The second kappa shape index (κ2) is 7.67. The molecule has 0 spiro atoms. The molecule has 0 saturated heterocycles. The van der Waals surface area contributed by atoms with Gasteiger partial charge in [0, 0.05) is 17.8 Å². The minimum Gasteiger partial charge on any atom is -0.482 e. The van der Waals surface area contributed by atoms with Crippen molar-refractivity contribution in [3.8, 4) is 5.75 Å². The van der Waals surface area contributed by atoms with Crippen molar-refractivity contribution in [3.63, 3.8) is 0 Å². The first kappa shape index (κ1) is 19.6. The SMILES string of the molecule is Cc1ccc(NC(=O)COc2ccc([N+](=O)[O-])cc2Cl)cc1S(=O)(=O)F. The summed E-state index contributed by atoms with van der Waals surface area (Å²) in [5.41, 5.74) is 0.0288. The van der Waals surface area contributed by atoms with Crippen LogP contribution in [0.3, 0.4) is 0 Å². The molecular weight excluding hydrogens is 391 g/mol. The van der Waals surface area contributed by atoms with Gasteiger partial charge in [0.05, 0.1) is 9.95 Å². The van der Waals surface area contributed by atoms with Gasteiger partial charge in [-0.15, -0.1) is 3.89 Å². The number of amides is 1. The van der Waals surface area contributed by atoms with E-state index in [0.29, 0.717) is 0 Å². The number of hydrogen-bond donors (Lipinski definition) is 1. The first-order valence-electron chi connectivity index (χ1n) is 7.00. The quantitative estimate of drug-likeness (QED) is 0.450. The summed E-state index contributed by atoms with van der Waals surface area (Å²) in [6, 6.07) is 7.22. The second-order valence-corrected chi connectivity index (χ2v) is 6.85. The summed E-state index contributed by atoms with van der Waals surface area (Å²) in [4.78, 5) is 21.3. The van der Waals surface area contributed by atoms with Crippen LogP contribution in [0, 0.1) is 17.0 Å². The second-order valence-electron chi connectivity index (χ2n) is 5.13. The van der Waals surface area contributed by atoms with Crippen LogP contribution in [-0.4, -0.2) is 25.9 Å². The normalized spacial score (nSPS) is 11.0. The van der Waals surface area contributed by atoms with Gasteiger partial charge in [-0.3, -0.25) is 14.9 Å². The summed E-state index contributed by atoms with van der Waals surface area (Å²) in [6.07, 6.45) is 0. The summed E-state index contributed by atoms with van der Waals surface area (Å²) in [6.45, 7) is 0.918. The monoisotopic (exact) mass is 402 g/mol. The number of carbonyl (C=O) groups is 1. The number of nitro benzene ring substituents is 1. The van der Waals surface area contributed by atoms with E-state index in [9.17, 15) is 27.2 Å². The van der Waals surface area contributed by atoms with Gasteiger partial charge in [-0.2, -0.15) is 8.42 Å². The van der Waals surface area contributed by atoms with Crippen LogP contribution in [0.25, 0.3) is 0 Å². The molecule has 26 heavy (non-hydrogen) atoms. The largest absolute Gasteiger partial charge is 0.482 e. The van der Waals surface area contributed by atoms with Crippen molar-refractivity contribution in [3.05, 3.63) is 57.1 Å². The zero-order valence-electron chi connectivity index (χ0n) is 13.2. The molecule has 0 radical (unpaired) electrons. The highest BCUT2D eigenvalue weighted by Gasteiger charge is 2.17. The predicted octanol–water partition coefficient (Wildman–Crippen LogP) is 3.23. The number of carbonyl (C=O) groups excluding carboxylic acids is 1. The average Bonchev–Trinajstić information content (AvgIpc) is 2.54. The Kier molecular flexibility index (Phi) is 5.78. The number of halogens is 2. The van der Waals surface area contributed by atoms with Gasteiger partial charge in [0.1, 0.15) is 10.6 Å². The molecule has 0 bridgehead atoms. The third kappa shape index (κ3) is 4.90. The lowest BCUT2D eigenvalue weighted by Crippen LogP contribution is -2.20. The fourth-order valence-electron chi connectivity index (χ4n) is 2.00. The molecule has 1 N–H and O–H groups in total. The molecule has 11 heteroatoms. The Morgan fingerprint density at radius 3 is 2.58 bits per heavy atom. The number of non-ortho nitro benzene ring substituents is 1. The third-order valence-corrected chi connectivity index (χ3v) is 4.48. The van der Waals surface area contributed by atoms with Crippen molar-refractivity contribution in [2.24, 2.45) is 0 Å². The van der Waals surface area contributed by atoms with Gasteiger partial charge in [-0.05, 0) is 30.7 Å². The third-order valence-electron chi connectivity index (χ3n) is 3.22. The van der Waals surface area contributed by atoms with Crippen LogP contribution in [0.2, 0.25) is 5.02 Å². The summed E-state index contributed by atoms with van der Waals surface area (Å²) in [5.74, 6) is -0.603. The smallest absolute Gasteiger partial charge is 0.332 e. The minimum absolute atomic E-state index is 0.0480. The number of hydrogen-bond acceptors (Lipinski definition) is 6. The fraction of sp³-hybridized carbons (Fsp3) is 0.133. The standard InChI is InChI=1S/C15H12ClFN2O6S/c1-9-2-3-10(6-14(9)26(17,23)24)18-15(20)8-25-13-5-4-11(19(21)22)7-12(13)16/h2-7H,8H2,1H3,(H,18,20). The highest BCUT2D eigenvalue weighted by molar-refractivity contribution is 7.86. The van der Waals surface area contributed by atoms with Crippen LogP contribution in [0.5, 0.6) is 5.75 Å². The van der Waals surface area contributed by atoms with E-state index >= 15 is 0 Å². The number of rotatable bonds is 6. The highest BCUT2D eigenvalue weighted by atomic mass is 35.5. The molecule has 0 saturated carbocycles. The van der Waals surface area contributed by atoms with E-state index in [4.69, 9.17) is 16.3 Å². The van der Waals surface area contributed by atoms with Crippen molar-refractivity contribution in [1.29, 1.82) is 0 Å². The Balaban J connectivity index is 2.05. The molecule has 138 valence electrons. The molecular formula is C15H12ClFN2O6S. The van der Waals surface area contributed by atoms with Gasteiger partial charge in [0.15, 0.2) is 6.61 Å². The number of anilines is 1. The first-order chi connectivity index (χ1) is 12.1. The molecule has 0 aliphatic heterocycles. The molecule has 0 heterocycles. The fourth-order valence-corrected chi connectivity index (χ4v) is 2.95. The molecule has 0 aliphatic rings. The van der Waals surface area contributed by atoms with Crippen LogP contribution < -0.4 is 10.1 Å². The van der Waals surface area contributed by atoms with Crippen LogP contribution in [0.4, 0.5) is 15.3 Å². The molecule has 2 aromatic rings. The maximum Gasteiger partial charge on any atom is 0.332 e. The van der Waals surface area contributed by atoms with Crippen molar-refractivity contribution in [1.82, 2.24) is 0 Å². The lowest BCUT2D eigenvalue weighted by Gasteiger charge is -2.10.